The Balaban J connectivity index is 1.42. The SMILES string of the molecule is CC(C)OC(=O)N1C2COCC1CC(OC(C)c1nc(-c3ccc(S(C)(=O)=O)c(F)c3)no1)C2. The molecule has 2 fully saturated rings. The Morgan fingerprint density at radius 3 is 2.47 bits per heavy atom. The van der Waals surface area contributed by atoms with E-state index in [-0.39, 0.29) is 47.7 Å². The fourth-order valence-corrected chi connectivity index (χ4v) is 5.07. The lowest BCUT2D eigenvalue weighted by Gasteiger charge is -2.47. The van der Waals surface area contributed by atoms with Crippen molar-refractivity contribution in [2.24, 2.45) is 0 Å². The van der Waals surface area contributed by atoms with E-state index in [1.54, 1.807) is 11.8 Å². The lowest BCUT2D eigenvalue weighted by Crippen LogP contribution is -2.60. The molecule has 2 saturated heterocycles. The van der Waals surface area contributed by atoms with Crippen molar-refractivity contribution < 1.29 is 36.3 Å². The van der Waals surface area contributed by atoms with E-state index in [1.807, 2.05) is 13.8 Å². The molecule has 34 heavy (non-hydrogen) atoms. The minimum atomic E-state index is -3.68. The van der Waals surface area contributed by atoms with E-state index >= 15 is 0 Å². The monoisotopic (exact) mass is 497 g/mol. The molecule has 1 aromatic carbocycles. The Hall–Kier alpha value is -2.57. The number of carbonyl (C=O) groups excluding carboxylic acids is 1. The van der Waals surface area contributed by atoms with Crippen LogP contribution in [0.1, 0.15) is 45.6 Å². The van der Waals surface area contributed by atoms with E-state index in [9.17, 15) is 17.6 Å². The van der Waals surface area contributed by atoms with Crippen LogP contribution in [-0.2, 0) is 24.0 Å². The van der Waals surface area contributed by atoms with E-state index in [2.05, 4.69) is 10.1 Å². The van der Waals surface area contributed by atoms with Crippen LogP contribution in [0.2, 0.25) is 0 Å². The molecule has 12 heteroatoms. The number of sulfone groups is 1. The molecule has 0 saturated carbocycles. The third-order valence-electron chi connectivity index (χ3n) is 5.80. The van der Waals surface area contributed by atoms with E-state index in [0.717, 1.165) is 12.3 Å². The van der Waals surface area contributed by atoms with Crippen LogP contribution < -0.4 is 0 Å². The van der Waals surface area contributed by atoms with Crippen molar-refractivity contribution in [3.05, 3.63) is 29.9 Å². The summed E-state index contributed by atoms with van der Waals surface area (Å²) in [7, 11) is -3.68. The van der Waals surface area contributed by atoms with Crippen LogP contribution in [-0.4, -0.2) is 73.3 Å². The van der Waals surface area contributed by atoms with E-state index < -0.39 is 26.7 Å². The first-order valence-corrected chi connectivity index (χ1v) is 13.0. The molecule has 3 heterocycles. The van der Waals surface area contributed by atoms with Crippen molar-refractivity contribution in [1.29, 1.82) is 0 Å². The van der Waals surface area contributed by atoms with Crippen molar-refractivity contribution in [1.82, 2.24) is 15.0 Å². The maximum absolute atomic E-state index is 14.2. The molecule has 2 aliphatic heterocycles. The minimum Gasteiger partial charge on any atom is -0.447 e. The summed E-state index contributed by atoms with van der Waals surface area (Å²) in [5.41, 5.74) is 0.288. The van der Waals surface area contributed by atoms with Gasteiger partial charge in [0.05, 0.1) is 37.5 Å². The van der Waals surface area contributed by atoms with Crippen molar-refractivity contribution >= 4 is 15.9 Å². The number of nitrogens with zero attached hydrogens (tertiary/aromatic N) is 3. The topological polar surface area (TPSA) is 121 Å². The summed E-state index contributed by atoms with van der Waals surface area (Å²) in [5, 5.41) is 3.88. The summed E-state index contributed by atoms with van der Waals surface area (Å²) in [5.74, 6) is -0.543. The molecule has 3 unspecified atom stereocenters. The van der Waals surface area contributed by atoms with Crippen LogP contribution in [0.4, 0.5) is 9.18 Å². The van der Waals surface area contributed by atoms with Crippen LogP contribution in [0, 0.1) is 5.82 Å². The first-order valence-electron chi connectivity index (χ1n) is 11.1. The van der Waals surface area contributed by atoms with Crippen molar-refractivity contribution in [2.75, 3.05) is 19.5 Å². The number of carbonyl (C=O) groups is 1. The summed E-state index contributed by atoms with van der Waals surface area (Å²) >= 11 is 0. The fourth-order valence-electron chi connectivity index (χ4n) is 4.34. The predicted octanol–water partition coefficient (Wildman–Crippen LogP) is 3.13. The predicted molar refractivity (Wildman–Crippen MR) is 117 cm³/mol. The lowest BCUT2D eigenvalue weighted by atomic mass is 9.92. The van der Waals surface area contributed by atoms with Crippen LogP contribution >= 0.6 is 0 Å². The number of fused-ring (bicyclic) bond motifs is 2. The number of ether oxygens (including phenoxy) is 3. The van der Waals surface area contributed by atoms with Crippen LogP contribution in [0.3, 0.4) is 0 Å². The van der Waals surface area contributed by atoms with Gasteiger partial charge in [0.2, 0.25) is 5.82 Å². The summed E-state index contributed by atoms with van der Waals surface area (Å²) in [6.45, 7) is 6.23. The number of rotatable bonds is 6. The second-order valence-corrected chi connectivity index (χ2v) is 10.9. The van der Waals surface area contributed by atoms with Crippen LogP contribution in [0.15, 0.2) is 27.6 Å². The normalized spacial score (nSPS) is 23.7. The van der Waals surface area contributed by atoms with Gasteiger partial charge in [0.1, 0.15) is 16.8 Å². The highest BCUT2D eigenvalue weighted by molar-refractivity contribution is 7.90. The van der Waals surface area contributed by atoms with E-state index in [4.69, 9.17) is 18.7 Å². The van der Waals surface area contributed by atoms with Gasteiger partial charge < -0.3 is 18.7 Å². The highest BCUT2D eigenvalue weighted by Gasteiger charge is 2.43. The fraction of sp³-hybridized carbons (Fsp3) is 0.591. The number of amides is 1. The minimum absolute atomic E-state index is 0.126. The lowest BCUT2D eigenvalue weighted by molar-refractivity contribution is -0.127. The Morgan fingerprint density at radius 1 is 1.21 bits per heavy atom. The average Bonchev–Trinajstić information content (AvgIpc) is 3.22. The van der Waals surface area contributed by atoms with E-state index in [0.29, 0.717) is 26.1 Å². The standard InChI is InChI=1S/C22H28FN3O7S/c1-12(2)31-22(27)26-15-8-17(9-16(26)11-30-10-15)32-13(3)21-24-20(25-33-21)14-5-6-19(18(23)7-14)34(4,28)29/h5-7,12-13,15-17H,8-11H2,1-4H3. The van der Waals surface area contributed by atoms with Gasteiger partial charge in [0.25, 0.3) is 5.89 Å². The van der Waals surface area contributed by atoms with Gasteiger partial charge in [-0.25, -0.2) is 17.6 Å². The third-order valence-corrected chi connectivity index (χ3v) is 6.93. The van der Waals surface area contributed by atoms with Gasteiger partial charge in [-0.1, -0.05) is 5.16 Å². The second kappa shape index (κ2) is 9.59. The quantitative estimate of drug-likeness (QED) is 0.592. The molecule has 4 rings (SSSR count). The summed E-state index contributed by atoms with van der Waals surface area (Å²) in [6, 6.07) is 3.36. The van der Waals surface area contributed by atoms with E-state index in [1.165, 1.54) is 12.1 Å². The summed E-state index contributed by atoms with van der Waals surface area (Å²) in [6.07, 6.45) is 0.858. The maximum atomic E-state index is 14.2. The molecule has 2 aromatic rings. The molecule has 186 valence electrons. The Bertz CT molecular complexity index is 1140. The van der Waals surface area contributed by atoms with Crippen LogP contribution in [0.25, 0.3) is 11.4 Å². The molecule has 2 aliphatic rings. The molecular weight excluding hydrogens is 469 g/mol. The van der Waals surface area contributed by atoms with Gasteiger partial charge in [0.15, 0.2) is 9.84 Å². The van der Waals surface area contributed by atoms with Gasteiger partial charge in [-0.2, -0.15) is 4.98 Å². The van der Waals surface area contributed by atoms with Gasteiger partial charge in [-0.15, -0.1) is 0 Å². The molecule has 0 aliphatic carbocycles. The largest absolute Gasteiger partial charge is 0.447 e. The van der Waals surface area contributed by atoms with Crippen LogP contribution in [0.5, 0.6) is 0 Å². The zero-order valence-corrected chi connectivity index (χ0v) is 20.2. The third kappa shape index (κ3) is 5.23. The Labute approximate surface area is 197 Å². The molecule has 10 nitrogen and oxygen atoms in total. The highest BCUT2D eigenvalue weighted by atomic mass is 32.2. The first-order chi connectivity index (χ1) is 16.0. The Kier molecular flexibility index (Phi) is 6.92. The number of halogens is 1. The van der Waals surface area contributed by atoms with Crippen molar-refractivity contribution in [3.8, 4) is 11.4 Å². The average molecular weight is 498 g/mol. The molecule has 1 amide bonds. The van der Waals surface area contributed by atoms with Gasteiger partial charge in [0, 0.05) is 11.8 Å². The summed E-state index contributed by atoms with van der Waals surface area (Å²) in [4.78, 5) is 18.2. The zero-order chi connectivity index (χ0) is 24.6. The summed E-state index contributed by atoms with van der Waals surface area (Å²) < 4.78 is 60.0. The highest BCUT2D eigenvalue weighted by Crippen LogP contribution is 2.33. The second-order valence-electron chi connectivity index (χ2n) is 8.93. The van der Waals surface area contributed by atoms with Gasteiger partial charge in [-0.3, -0.25) is 4.90 Å². The first kappa shape index (κ1) is 24.6. The number of piperidine rings is 1. The maximum Gasteiger partial charge on any atom is 0.410 e. The van der Waals surface area contributed by atoms with Gasteiger partial charge in [-0.05, 0) is 51.8 Å². The van der Waals surface area contributed by atoms with Crippen molar-refractivity contribution in [2.45, 2.75) is 68.9 Å². The van der Waals surface area contributed by atoms with Crippen molar-refractivity contribution in [3.63, 3.8) is 0 Å². The molecular formula is C22H28FN3O7S. The number of benzene rings is 1. The zero-order valence-electron chi connectivity index (χ0n) is 19.4. The molecule has 0 radical (unpaired) electrons. The molecule has 1 aromatic heterocycles. The van der Waals surface area contributed by atoms with Gasteiger partial charge >= 0.3 is 6.09 Å². The number of morpholine rings is 1. The molecule has 3 atom stereocenters. The Morgan fingerprint density at radius 2 is 1.88 bits per heavy atom. The number of hydrogen-bond donors (Lipinski definition) is 0. The molecule has 0 spiro atoms. The smallest absolute Gasteiger partial charge is 0.410 e. The number of aromatic nitrogens is 2. The molecule has 0 N–H and O–H groups in total. The molecule has 2 bridgehead atoms. The number of hydrogen-bond acceptors (Lipinski definition) is 9.